The highest BCUT2D eigenvalue weighted by molar-refractivity contribution is 6.35. The number of para-hydroxylation sites is 1. The van der Waals surface area contributed by atoms with Gasteiger partial charge in [-0.1, -0.05) is 12.1 Å². The Kier molecular flexibility index (Phi) is 9.41. The zero-order chi connectivity index (χ0) is 25.1. The van der Waals surface area contributed by atoms with Crippen LogP contribution in [0.2, 0.25) is 0 Å². The molecule has 0 saturated heterocycles. The Bertz CT molecular complexity index is 1060. The van der Waals surface area contributed by atoms with Gasteiger partial charge in [0.2, 0.25) is 0 Å². The molecular weight excluding hydrogens is 457 g/mol. The number of hydrogen-bond acceptors (Lipinski definition) is 6. The number of carbonyl (C=O) groups is 3. The molecule has 2 aromatic carbocycles. The third-order valence-electron chi connectivity index (χ3n) is 4.06. The number of hydrazone groups is 1. The highest BCUT2D eigenvalue weighted by Gasteiger charge is 2.33. The van der Waals surface area contributed by atoms with Gasteiger partial charge in [0.1, 0.15) is 0 Å². The van der Waals surface area contributed by atoms with Crippen LogP contribution in [0.5, 0.6) is 11.5 Å². The van der Waals surface area contributed by atoms with Crippen LogP contribution in [0.1, 0.15) is 25.0 Å². The predicted molar refractivity (Wildman–Crippen MR) is 118 cm³/mol. The molecule has 12 heteroatoms. The fraction of sp³-hybridized carbons (Fsp3) is 0.273. The van der Waals surface area contributed by atoms with Gasteiger partial charge >= 0.3 is 18.0 Å². The number of anilines is 1. The van der Waals surface area contributed by atoms with Crippen molar-refractivity contribution in [1.82, 2.24) is 10.7 Å². The fourth-order valence-corrected chi connectivity index (χ4v) is 2.62. The van der Waals surface area contributed by atoms with Crippen molar-refractivity contribution in [3.63, 3.8) is 0 Å². The van der Waals surface area contributed by atoms with Crippen LogP contribution in [0.25, 0.3) is 0 Å². The largest absolute Gasteiger partial charge is 0.490 e. The number of hydrogen-bond donors (Lipinski definition) is 3. The van der Waals surface area contributed by atoms with E-state index in [0.717, 1.165) is 12.1 Å². The molecule has 2 aromatic rings. The van der Waals surface area contributed by atoms with Gasteiger partial charge in [0.15, 0.2) is 18.1 Å². The summed E-state index contributed by atoms with van der Waals surface area (Å²) in [6.45, 7) is 3.37. The van der Waals surface area contributed by atoms with Crippen molar-refractivity contribution in [2.45, 2.75) is 20.0 Å². The molecule has 0 spiro atoms. The highest BCUT2D eigenvalue weighted by atomic mass is 19.4. The summed E-state index contributed by atoms with van der Waals surface area (Å²) in [6, 6.07) is 9.12. The summed E-state index contributed by atoms with van der Waals surface area (Å²) in [5.41, 5.74) is 1.20. The summed E-state index contributed by atoms with van der Waals surface area (Å²) in [6.07, 6.45) is -3.35. The van der Waals surface area contributed by atoms with Crippen molar-refractivity contribution < 1.29 is 37.0 Å². The Hall–Kier alpha value is -4.09. The van der Waals surface area contributed by atoms with Gasteiger partial charge < -0.3 is 20.1 Å². The summed E-state index contributed by atoms with van der Waals surface area (Å²) in [7, 11) is 0. The SMILES string of the molecule is CCNC(=O)C(=O)N/N=C\c1ccc(OCC(=O)Nc2ccccc2C(F)(F)F)c(OCC)c1. The number of rotatable bonds is 9. The van der Waals surface area contributed by atoms with Gasteiger partial charge in [0.05, 0.1) is 24.1 Å². The van der Waals surface area contributed by atoms with E-state index in [0.29, 0.717) is 12.1 Å². The molecule has 3 N–H and O–H groups in total. The Balaban J connectivity index is 2.03. The van der Waals surface area contributed by atoms with Crippen molar-refractivity contribution in [3.8, 4) is 11.5 Å². The Morgan fingerprint density at radius 2 is 1.74 bits per heavy atom. The van der Waals surface area contributed by atoms with Gasteiger partial charge in [0, 0.05) is 6.54 Å². The maximum atomic E-state index is 13.1. The van der Waals surface area contributed by atoms with E-state index < -0.39 is 36.1 Å². The van der Waals surface area contributed by atoms with Gasteiger partial charge in [-0.05, 0) is 49.7 Å². The molecule has 0 fully saturated rings. The van der Waals surface area contributed by atoms with Crippen LogP contribution in [-0.2, 0) is 20.6 Å². The molecule has 0 saturated carbocycles. The predicted octanol–water partition coefficient (Wildman–Crippen LogP) is 2.71. The van der Waals surface area contributed by atoms with Gasteiger partial charge in [-0.2, -0.15) is 18.3 Å². The number of benzene rings is 2. The van der Waals surface area contributed by atoms with E-state index in [1.165, 1.54) is 36.5 Å². The first-order valence-corrected chi connectivity index (χ1v) is 10.1. The van der Waals surface area contributed by atoms with Crippen molar-refractivity contribution in [2.75, 3.05) is 25.1 Å². The number of nitrogens with one attached hydrogen (secondary N) is 3. The second-order valence-corrected chi connectivity index (χ2v) is 6.58. The van der Waals surface area contributed by atoms with E-state index in [2.05, 4.69) is 21.2 Å². The molecule has 182 valence electrons. The van der Waals surface area contributed by atoms with Crippen LogP contribution in [0.4, 0.5) is 18.9 Å². The van der Waals surface area contributed by atoms with Crippen molar-refractivity contribution >= 4 is 29.6 Å². The smallest absolute Gasteiger partial charge is 0.418 e. The normalized spacial score (nSPS) is 11.1. The zero-order valence-electron chi connectivity index (χ0n) is 18.4. The minimum absolute atomic E-state index is 0.171. The van der Waals surface area contributed by atoms with Gasteiger partial charge in [-0.3, -0.25) is 14.4 Å². The lowest BCUT2D eigenvalue weighted by Gasteiger charge is -2.15. The van der Waals surface area contributed by atoms with Crippen LogP contribution in [0.15, 0.2) is 47.6 Å². The molecule has 2 rings (SSSR count). The number of nitrogens with zero attached hydrogens (tertiary/aromatic N) is 1. The molecule has 3 amide bonds. The van der Waals surface area contributed by atoms with Crippen LogP contribution in [0, 0.1) is 0 Å². The highest BCUT2D eigenvalue weighted by Crippen LogP contribution is 2.34. The molecular formula is C22H23F3N4O5. The molecule has 34 heavy (non-hydrogen) atoms. The lowest BCUT2D eigenvalue weighted by Crippen LogP contribution is -2.37. The maximum Gasteiger partial charge on any atom is 0.418 e. The summed E-state index contributed by atoms with van der Waals surface area (Å²) >= 11 is 0. The molecule has 9 nitrogen and oxygen atoms in total. The number of ether oxygens (including phenoxy) is 2. The van der Waals surface area contributed by atoms with Crippen molar-refractivity contribution in [3.05, 3.63) is 53.6 Å². The van der Waals surface area contributed by atoms with E-state index in [1.54, 1.807) is 13.8 Å². The van der Waals surface area contributed by atoms with E-state index >= 15 is 0 Å². The van der Waals surface area contributed by atoms with Crippen LogP contribution < -0.4 is 25.5 Å². The van der Waals surface area contributed by atoms with E-state index in [9.17, 15) is 27.6 Å². The molecule has 0 aliphatic carbocycles. The van der Waals surface area contributed by atoms with Crippen molar-refractivity contribution in [2.24, 2.45) is 5.10 Å². The maximum absolute atomic E-state index is 13.1. The number of carbonyl (C=O) groups excluding carboxylic acids is 3. The average molecular weight is 480 g/mol. The number of amides is 3. The third-order valence-corrected chi connectivity index (χ3v) is 4.06. The monoisotopic (exact) mass is 480 g/mol. The van der Waals surface area contributed by atoms with Gasteiger partial charge in [-0.15, -0.1) is 0 Å². The van der Waals surface area contributed by atoms with E-state index in [-0.39, 0.29) is 23.8 Å². The summed E-state index contributed by atoms with van der Waals surface area (Å²) < 4.78 is 50.1. The number of halogens is 3. The fourth-order valence-electron chi connectivity index (χ4n) is 2.62. The topological polar surface area (TPSA) is 118 Å². The zero-order valence-corrected chi connectivity index (χ0v) is 18.4. The van der Waals surface area contributed by atoms with Crippen LogP contribution in [-0.4, -0.2) is 43.7 Å². The van der Waals surface area contributed by atoms with Crippen molar-refractivity contribution in [1.29, 1.82) is 0 Å². The minimum Gasteiger partial charge on any atom is -0.490 e. The minimum atomic E-state index is -4.62. The van der Waals surface area contributed by atoms with Crippen LogP contribution >= 0.6 is 0 Å². The van der Waals surface area contributed by atoms with Gasteiger partial charge in [0.25, 0.3) is 5.91 Å². The summed E-state index contributed by atoms with van der Waals surface area (Å²) in [5.74, 6) is -2.14. The quantitative estimate of drug-likeness (QED) is 0.290. The molecule has 0 atom stereocenters. The first-order chi connectivity index (χ1) is 16.2. The second kappa shape index (κ2) is 12.2. The third kappa shape index (κ3) is 7.80. The summed E-state index contributed by atoms with van der Waals surface area (Å²) in [5, 5.41) is 8.20. The Morgan fingerprint density at radius 3 is 2.41 bits per heavy atom. The standard InChI is InChI=1S/C22H23F3N4O5/c1-3-26-20(31)21(32)29-27-12-14-9-10-17(18(11-14)33-4-2)34-13-19(30)28-16-8-6-5-7-15(16)22(23,24)25/h5-12H,3-4,13H2,1-2H3,(H,26,31)(H,28,30)(H,29,32)/b27-12-. The van der Waals surface area contributed by atoms with Crippen LogP contribution in [0.3, 0.4) is 0 Å². The van der Waals surface area contributed by atoms with E-state index in [4.69, 9.17) is 9.47 Å². The molecule has 0 heterocycles. The Labute approximate surface area is 193 Å². The summed E-state index contributed by atoms with van der Waals surface area (Å²) in [4.78, 5) is 35.0. The number of alkyl halides is 3. The molecule has 0 aromatic heterocycles. The lowest BCUT2D eigenvalue weighted by atomic mass is 10.1. The molecule has 0 unspecified atom stereocenters. The first kappa shape index (κ1) is 26.2. The lowest BCUT2D eigenvalue weighted by molar-refractivity contribution is -0.139. The molecule has 0 aliphatic rings. The molecule has 0 bridgehead atoms. The van der Waals surface area contributed by atoms with Gasteiger partial charge in [-0.25, -0.2) is 5.43 Å². The molecule has 0 radical (unpaired) electrons. The first-order valence-electron chi connectivity index (χ1n) is 10.1. The average Bonchev–Trinajstić information content (AvgIpc) is 2.78. The molecule has 0 aliphatic heterocycles. The number of likely N-dealkylation sites (N-methyl/N-ethyl adjacent to an activating group) is 1. The second-order valence-electron chi connectivity index (χ2n) is 6.58. The Morgan fingerprint density at radius 1 is 1.00 bits per heavy atom. The van der Waals surface area contributed by atoms with E-state index in [1.807, 2.05) is 0 Å².